The molecule has 0 aliphatic rings. The molecule has 0 atom stereocenters. The largest absolute Gasteiger partial charge is 0.490 e. The van der Waals surface area contributed by atoms with Gasteiger partial charge in [0.2, 0.25) is 0 Å². The van der Waals surface area contributed by atoms with E-state index in [1.54, 1.807) is 54.7 Å². The summed E-state index contributed by atoms with van der Waals surface area (Å²) >= 11 is 0. The van der Waals surface area contributed by atoms with Gasteiger partial charge >= 0.3 is 0 Å². The summed E-state index contributed by atoms with van der Waals surface area (Å²) in [6.45, 7) is 3.91. The van der Waals surface area contributed by atoms with Gasteiger partial charge in [-0.1, -0.05) is 91.0 Å². The molecule has 33 heavy (non-hydrogen) atoms. The molecular formula is C28H26N2O3. The first-order valence-corrected chi connectivity index (χ1v) is 10.9. The SMILES string of the molecule is CC(C)Oc1ccc2ccccc2c1/C=N\NC(=O)C(O)(c1ccccc1)c1ccccc1. The molecule has 4 aromatic carbocycles. The van der Waals surface area contributed by atoms with Gasteiger partial charge in [0.25, 0.3) is 5.91 Å². The number of nitrogens with one attached hydrogen (secondary N) is 1. The number of fused-ring (bicyclic) bond motifs is 1. The van der Waals surface area contributed by atoms with E-state index in [1.165, 1.54) is 0 Å². The standard InChI is InChI=1S/C28H26N2O3/c1-20(2)33-26-18-17-21-11-9-10-16-24(21)25(26)19-29-30-27(31)28(32,22-12-5-3-6-13-22)23-14-7-4-8-15-23/h3-20,32H,1-2H3,(H,30,31)/b29-19-. The smallest absolute Gasteiger partial charge is 0.281 e. The lowest BCUT2D eigenvalue weighted by Gasteiger charge is -2.27. The molecule has 1 amide bonds. The number of aliphatic hydroxyl groups is 1. The Balaban J connectivity index is 1.69. The second kappa shape index (κ2) is 9.67. The maximum atomic E-state index is 13.3. The van der Waals surface area contributed by atoms with Gasteiger partial charge in [0.15, 0.2) is 5.60 Å². The molecule has 2 N–H and O–H groups in total. The molecule has 0 aliphatic heterocycles. The zero-order valence-electron chi connectivity index (χ0n) is 18.6. The number of hydrogen-bond donors (Lipinski definition) is 2. The number of nitrogens with zero attached hydrogens (tertiary/aromatic N) is 1. The van der Waals surface area contributed by atoms with Crippen LogP contribution in [0, 0.1) is 0 Å². The highest BCUT2D eigenvalue weighted by Gasteiger charge is 2.39. The zero-order valence-corrected chi connectivity index (χ0v) is 18.6. The molecule has 5 heteroatoms. The maximum Gasteiger partial charge on any atom is 0.281 e. The Morgan fingerprint density at radius 3 is 2.06 bits per heavy atom. The Morgan fingerprint density at radius 1 is 0.879 bits per heavy atom. The molecule has 0 bridgehead atoms. The second-order valence-electron chi connectivity index (χ2n) is 8.01. The van der Waals surface area contributed by atoms with Gasteiger partial charge in [0.05, 0.1) is 12.3 Å². The highest BCUT2D eigenvalue weighted by molar-refractivity contribution is 6.03. The minimum absolute atomic E-state index is 0.0193. The fourth-order valence-corrected chi connectivity index (χ4v) is 3.79. The highest BCUT2D eigenvalue weighted by Crippen LogP contribution is 2.30. The van der Waals surface area contributed by atoms with Crippen LogP contribution < -0.4 is 10.2 Å². The number of carbonyl (C=O) groups is 1. The normalized spacial score (nSPS) is 11.8. The van der Waals surface area contributed by atoms with Crippen LogP contribution in [0.15, 0.2) is 102 Å². The van der Waals surface area contributed by atoms with Crippen LogP contribution in [0.5, 0.6) is 5.75 Å². The molecule has 0 saturated heterocycles. The Bertz CT molecular complexity index is 1230. The predicted molar refractivity (Wildman–Crippen MR) is 131 cm³/mol. The quantitative estimate of drug-likeness (QED) is 0.315. The summed E-state index contributed by atoms with van der Waals surface area (Å²) in [5.41, 5.74) is 2.31. The van der Waals surface area contributed by atoms with Gasteiger partial charge < -0.3 is 9.84 Å². The van der Waals surface area contributed by atoms with Crippen LogP contribution in [-0.4, -0.2) is 23.3 Å². The number of benzene rings is 4. The number of hydrazone groups is 1. The Labute approximate surface area is 193 Å². The fraction of sp³-hybridized carbons (Fsp3) is 0.143. The lowest BCUT2D eigenvalue weighted by molar-refractivity contribution is -0.136. The molecule has 4 aromatic rings. The van der Waals surface area contributed by atoms with E-state index in [4.69, 9.17) is 4.74 Å². The van der Waals surface area contributed by atoms with Crippen molar-refractivity contribution in [3.8, 4) is 5.75 Å². The van der Waals surface area contributed by atoms with E-state index in [0.717, 1.165) is 16.3 Å². The molecule has 0 radical (unpaired) electrons. The lowest BCUT2D eigenvalue weighted by atomic mass is 9.85. The summed E-state index contributed by atoms with van der Waals surface area (Å²) in [5.74, 6) is 0.0193. The fourth-order valence-electron chi connectivity index (χ4n) is 3.79. The highest BCUT2D eigenvalue weighted by atomic mass is 16.5. The molecule has 0 fully saturated rings. The molecule has 4 rings (SSSR count). The molecular weight excluding hydrogens is 412 g/mol. The minimum Gasteiger partial charge on any atom is -0.490 e. The van der Waals surface area contributed by atoms with Gasteiger partial charge in [0, 0.05) is 5.56 Å². The van der Waals surface area contributed by atoms with Gasteiger partial charge in [-0.2, -0.15) is 5.10 Å². The molecule has 5 nitrogen and oxygen atoms in total. The van der Waals surface area contributed by atoms with E-state index in [9.17, 15) is 9.90 Å². The zero-order chi connectivity index (χ0) is 23.3. The Hall–Kier alpha value is -3.96. The number of rotatable bonds is 7. The lowest BCUT2D eigenvalue weighted by Crippen LogP contribution is -2.43. The van der Waals surface area contributed by atoms with Crippen LogP contribution in [0.3, 0.4) is 0 Å². The molecule has 0 heterocycles. The molecule has 0 spiro atoms. The third kappa shape index (κ3) is 4.64. The first kappa shape index (κ1) is 22.2. The van der Waals surface area contributed by atoms with Crippen LogP contribution in [0.25, 0.3) is 10.8 Å². The van der Waals surface area contributed by atoms with Crippen molar-refractivity contribution in [3.63, 3.8) is 0 Å². The molecule has 0 unspecified atom stereocenters. The number of carbonyl (C=O) groups excluding carboxylic acids is 1. The van der Waals surface area contributed by atoms with E-state index < -0.39 is 11.5 Å². The van der Waals surface area contributed by atoms with Gasteiger partial charge in [0.1, 0.15) is 5.75 Å². The van der Waals surface area contributed by atoms with Crippen LogP contribution in [0.4, 0.5) is 0 Å². The van der Waals surface area contributed by atoms with Crippen molar-refractivity contribution in [1.29, 1.82) is 0 Å². The molecule has 0 aliphatic carbocycles. The Kier molecular flexibility index (Phi) is 6.52. The van der Waals surface area contributed by atoms with Crippen molar-refractivity contribution in [3.05, 3.63) is 114 Å². The van der Waals surface area contributed by atoms with E-state index in [0.29, 0.717) is 16.9 Å². The number of amides is 1. The van der Waals surface area contributed by atoms with Crippen molar-refractivity contribution < 1.29 is 14.6 Å². The van der Waals surface area contributed by atoms with Crippen molar-refractivity contribution >= 4 is 22.9 Å². The summed E-state index contributed by atoms with van der Waals surface area (Å²) in [5, 5.41) is 17.8. The van der Waals surface area contributed by atoms with Crippen LogP contribution in [-0.2, 0) is 10.4 Å². The maximum absolute atomic E-state index is 13.3. The first-order valence-electron chi connectivity index (χ1n) is 10.9. The van der Waals surface area contributed by atoms with Crippen LogP contribution in [0.1, 0.15) is 30.5 Å². The molecule has 0 saturated carbocycles. The minimum atomic E-state index is -1.89. The van der Waals surface area contributed by atoms with Crippen molar-refractivity contribution in [1.82, 2.24) is 5.43 Å². The van der Waals surface area contributed by atoms with Gasteiger partial charge in [-0.3, -0.25) is 4.79 Å². The summed E-state index contributed by atoms with van der Waals surface area (Å²) in [6.07, 6.45) is 1.54. The van der Waals surface area contributed by atoms with E-state index in [-0.39, 0.29) is 6.10 Å². The first-order chi connectivity index (χ1) is 16.0. The summed E-state index contributed by atoms with van der Waals surface area (Å²) in [4.78, 5) is 13.3. The predicted octanol–water partition coefficient (Wildman–Crippen LogP) is 5.01. The summed E-state index contributed by atoms with van der Waals surface area (Å²) in [7, 11) is 0. The third-order valence-electron chi connectivity index (χ3n) is 5.36. The van der Waals surface area contributed by atoms with Crippen LogP contribution >= 0.6 is 0 Å². The number of hydrogen-bond acceptors (Lipinski definition) is 4. The third-order valence-corrected chi connectivity index (χ3v) is 5.36. The Morgan fingerprint density at radius 2 is 1.45 bits per heavy atom. The van der Waals surface area contributed by atoms with Crippen LogP contribution in [0.2, 0.25) is 0 Å². The summed E-state index contributed by atoms with van der Waals surface area (Å²) in [6, 6.07) is 29.5. The van der Waals surface area contributed by atoms with Gasteiger partial charge in [-0.25, -0.2) is 5.43 Å². The van der Waals surface area contributed by atoms with Gasteiger partial charge in [-0.05, 0) is 41.8 Å². The van der Waals surface area contributed by atoms with E-state index in [1.807, 2.05) is 62.4 Å². The topological polar surface area (TPSA) is 70.9 Å². The summed E-state index contributed by atoms with van der Waals surface area (Å²) < 4.78 is 5.96. The van der Waals surface area contributed by atoms with Crippen molar-refractivity contribution in [2.75, 3.05) is 0 Å². The second-order valence-corrected chi connectivity index (χ2v) is 8.01. The monoisotopic (exact) mass is 438 g/mol. The van der Waals surface area contributed by atoms with E-state index >= 15 is 0 Å². The molecule has 166 valence electrons. The number of ether oxygens (including phenoxy) is 1. The van der Waals surface area contributed by atoms with Crippen molar-refractivity contribution in [2.45, 2.75) is 25.6 Å². The average molecular weight is 439 g/mol. The van der Waals surface area contributed by atoms with Crippen molar-refractivity contribution in [2.24, 2.45) is 5.10 Å². The average Bonchev–Trinajstić information content (AvgIpc) is 2.85. The van der Waals surface area contributed by atoms with Gasteiger partial charge in [-0.15, -0.1) is 0 Å². The van der Waals surface area contributed by atoms with E-state index in [2.05, 4.69) is 10.5 Å². The molecule has 0 aromatic heterocycles.